The van der Waals surface area contributed by atoms with E-state index in [0.717, 1.165) is 39.3 Å². The van der Waals surface area contributed by atoms with Crippen molar-refractivity contribution in [2.24, 2.45) is 5.10 Å². The molecule has 0 aliphatic carbocycles. The molecule has 1 fully saturated rings. The smallest absolute Gasteiger partial charge is 0.191 e. The zero-order valence-corrected chi connectivity index (χ0v) is 24.3. The summed E-state index contributed by atoms with van der Waals surface area (Å²) in [5.41, 5.74) is 4.36. The van der Waals surface area contributed by atoms with Gasteiger partial charge in [0.25, 0.3) is 0 Å². The number of nitrogens with zero attached hydrogens (tertiary/aromatic N) is 3. The van der Waals surface area contributed by atoms with Gasteiger partial charge in [0.15, 0.2) is 28.2 Å². The van der Waals surface area contributed by atoms with Gasteiger partial charge >= 0.3 is 0 Å². The number of fused-ring (bicyclic) bond motifs is 1. The number of hydrogen-bond acceptors (Lipinski definition) is 8. The molecule has 0 spiro atoms. The number of halogens is 2. The van der Waals surface area contributed by atoms with Crippen molar-refractivity contribution in [2.75, 3.05) is 51.9 Å². The first-order valence-electron chi connectivity index (χ1n) is 13.7. The van der Waals surface area contributed by atoms with Gasteiger partial charge in [0.1, 0.15) is 11.6 Å². The van der Waals surface area contributed by atoms with Gasteiger partial charge in [-0.1, -0.05) is 0 Å². The van der Waals surface area contributed by atoms with E-state index in [1.165, 1.54) is 30.5 Å². The Balaban J connectivity index is 1.20. The van der Waals surface area contributed by atoms with E-state index in [-0.39, 0.29) is 16.7 Å². The maximum atomic E-state index is 15.0. The number of hydrogen-bond donors (Lipinski definition) is 2. The van der Waals surface area contributed by atoms with E-state index < -0.39 is 5.82 Å². The Hall–Kier alpha value is -4.39. The van der Waals surface area contributed by atoms with Gasteiger partial charge in [-0.05, 0) is 78.8 Å². The molecule has 5 rings (SSSR count). The van der Waals surface area contributed by atoms with Gasteiger partial charge in [0, 0.05) is 43.0 Å². The molecule has 4 aromatic rings. The molecule has 9 nitrogen and oxygen atoms in total. The van der Waals surface area contributed by atoms with Crippen molar-refractivity contribution in [3.63, 3.8) is 0 Å². The van der Waals surface area contributed by atoms with Crippen LogP contribution in [0.15, 0.2) is 72.0 Å². The van der Waals surface area contributed by atoms with Crippen LogP contribution in [0, 0.1) is 11.6 Å². The van der Waals surface area contributed by atoms with Crippen LogP contribution in [0.4, 0.5) is 14.5 Å². The Morgan fingerprint density at radius 2 is 1.84 bits per heavy atom. The maximum Gasteiger partial charge on any atom is 0.191 e. The van der Waals surface area contributed by atoms with Crippen LogP contribution in [0.1, 0.15) is 12.0 Å². The van der Waals surface area contributed by atoms with Crippen LogP contribution in [0.25, 0.3) is 10.9 Å². The van der Waals surface area contributed by atoms with Crippen LogP contribution in [0.3, 0.4) is 0 Å². The molecule has 2 heterocycles. The molecule has 0 radical (unpaired) electrons. The third-order valence-electron chi connectivity index (χ3n) is 6.62. The normalized spacial score (nSPS) is 13.7. The summed E-state index contributed by atoms with van der Waals surface area (Å²) < 4.78 is 51.0. The second-order valence-electron chi connectivity index (χ2n) is 9.61. The second kappa shape index (κ2) is 14.7. The third kappa shape index (κ3) is 8.34. The van der Waals surface area contributed by atoms with Crippen LogP contribution < -0.4 is 25.0 Å². The molecule has 0 saturated carbocycles. The summed E-state index contributed by atoms with van der Waals surface area (Å²) in [5, 5.41) is 7.75. The van der Waals surface area contributed by atoms with Gasteiger partial charge < -0.3 is 24.3 Å². The highest BCUT2D eigenvalue weighted by Gasteiger charge is 2.15. The number of aromatic nitrogens is 1. The number of benzene rings is 3. The fourth-order valence-electron chi connectivity index (χ4n) is 4.44. The fraction of sp³-hybridized carbons (Fsp3) is 0.258. The summed E-state index contributed by atoms with van der Waals surface area (Å²) in [6, 6.07) is 15.4. The van der Waals surface area contributed by atoms with Gasteiger partial charge in [-0.3, -0.25) is 15.3 Å². The number of nitrogens with one attached hydrogen (secondary N) is 2. The maximum absolute atomic E-state index is 15.0. The first kappa shape index (κ1) is 30.1. The highest BCUT2D eigenvalue weighted by atomic mass is 32.1. The summed E-state index contributed by atoms with van der Waals surface area (Å²) in [6.07, 6.45) is 3.88. The Morgan fingerprint density at radius 1 is 1.02 bits per heavy atom. The molecule has 2 N–H and O–H groups in total. The third-order valence-corrected chi connectivity index (χ3v) is 6.82. The molecule has 0 unspecified atom stereocenters. The number of thiocarbonyl (C=S) groups is 1. The lowest BCUT2D eigenvalue weighted by Gasteiger charge is -2.26. The number of anilines is 1. The van der Waals surface area contributed by atoms with E-state index >= 15 is 4.39 Å². The number of morpholine rings is 1. The van der Waals surface area contributed by atoms with E-state index in [1.54, 1.807) is 49.7 Å². The molecule has 224 valence electrons. The van der Waals surface area contributed by atoms with Gasteiger partial charge in [0.05, 0.1) is 38.7 Å². The first-order valence-corrected chi connectivity index (χ1v) is 14.1. The Morgan fingerprint density at radius 3 is 2.60 bits per heavy atom. The SMILES string of the molecule is COc1cc2c(Oc3ccc(/C=N/NC(=S)Nc4ccc(F)cc4)cc3F)ccnc2cc1OCCCN1CCOCC1. The highest BCUT2D eigenvalue weighted by Crippen LogP contribution is 2.37. The number of ether oxygens (including phenoxy) is 4. The summed E-state index contributed by atoms with van der Waals surface area (Å²) in [4.78, 5) is 6.80. The monoisotopic (exact) mass is 607 g/mol. The van der Waals surface area contributed by atoms with Gasteiger partial charge in [-0.2, -0.15) is 5.10 Å². The Bertz CT molecular complexity index is 1580. The minimum Gasteiger partial charge on any atom is -0.493 e. The van der Waals surface area contributed by atoms with Crippen molar-refractivity contribution in [1.29, 1.82) is 0 Å². The lowest BCUT2D eigenvalue weighted by molar-refractivity contribution is 0.0357. The van der Waals surface area contributed by atoms with Crippen molar-refractivity contribution in [1.82, 2.24) is 15.3 Å². The van der Waals surface area contributed by atoms with E-state index in [0.29, 0.717) is 46.0 Å². The van der Waals surface area contributed by atoms with E-state index in [1.807, 2.05) is 0 Å². The molecule has 0 amide bonds. The lowest BCUT2D eigenvalue weighted by atomic mass is 10.1. The van der Waals surface area contributed by atoms with Crippen LogP contribution in [0.5, 0.6) is 23.0 Å². The zero-order chi connectivity index (χ0) is 30.0. The Kier molecular flexibility index (Phi) is 10.3. The van der Waals surface area contributed by atoms with Crippen LogP contribution in [-0.4, -0.2) is 67.8 Å². The zero-order valence-electron chi connectivity index (χ0n) is 23.5. The lowest BCUT2D eigenvalue weighted by Crippen LogP contribution is -2.37. The van der Waals surface area contributed by atoms with Gasteiger partial charge in [0.2, 0.25) is 0 Å². The largest absolute Gasteiger partial charge is 0.493 e. The second-order valence-corrected chi connectivity index (χ2v) is 10.0. The topological polar surface area (TPSA) is 89.5 Å². The molecule has 1 saturated heterocycles. The standard InChI is InChI=1S/C31H31F2N5O4S/c1-39-29-18-24-26(19-30(29)41-14-2-11-38-12-15-40-16-13-38)34-10-9-27(24)42-28-8-3-21(17-25(28)33)20-35-37-31(43)36-23-6-4-22(32)5-7-23/h3-10,17-20H,2,11-16H2,1H3,(H2,36,37,43)/b35-20+. The van der Waals surface area contributed by atoms with Crippen LogP contribution >= 0.6 is 12.2 Å². The van der Waals surface area contributed by atoms with E-state index in [2.05, 4.69) is 25.7 Å². The average Bonchev–Trinajstić information content (AvgIpc) is 3.02. The molecule has 1 aliphatic rings. The Labute approximate surface area is 253 Å². The van der Waals surface area contributed by atoms with E-state index in [9.17, 15) is 4.39 Å². The van der Waals surface area contributed by atoms with Crippen molar-refractivity contribution in [2.45, 2.75) is 6.42 Å². The molecule has 0 atom stereocenters. The predicted molar refractivity (Wildman–Crippen MR) is 165 cm³/mol. The summed E-state index contributed by atoms with van der Waals surface area (Å²) >= 11 is 5.17. The summed E-state index contributed by atoms with van der Waals surface area (Å²) in [5.74, 6) is 0.641. The van der Waals surface area contributed by atoms with E-state index in [4.69, 9.17) is 31.2 Å². The first-order chi connectivity index (χ1) is 21.0. The minimum atomic E-state index is -0.576. The molecule has 43 heavy (non-hydrogen) atoms. The molecular formula is C31H31F2N5O4S. The van der Waals surface area contributed by atoms with Crippen molar-refractivity contribution in [3.05, 3.63) is 84.1 Å². The van der Waals surface area contributed by atoms with Crippen molar-refractivity contribution >= 4 is 40.1 Å². The molecule has 0 bridgehead atoms. The fourth-order valence-corrected chi connectivity index (χ4v) is 4.61. The minimum absolute atomic E-state index is 0.0357. The van der Waals surface area contributed by atoms with Crippen molar-refractivity contribution in [3.8, 4) is 23.0 Å². The average molecular weight is 608 g/mol. The highest BCUT2D eigenvalue weighted by molar-refractivity contribution is 7.80. The molecule has 1 aromatic heterocycles. The molecule has 12 heteroatoms. The number of methoxy groups -OCH3 is 1. The molecule has 1 aliphatic heterocycles. The number of hydrazone groups is 1. The van der Waals surface area contributed by atoms with Crippen LogP contribution in [0.2, 0.25) is 0 Å². The molecular weight excluding hydrogens is 576 g/mol. The predicted octanol–water partition coefficient (Wildman–Crippen LogP) is 5.74. The quantitative estimate of drug-likeness (QED) is 0.0960. The van der Waals surface area contributed by atoms with Gasteiger partial charge in [-0.25, -0.2) is 8.78 Å². The number of rotatable bonds is 11. The molecule has 3 aromatic carbocycles. The summed E-state index contributed by atoms with van der Waals surface area (Å²) in [6.45, 7) is 4.87. The number of pyridine rings is 1. The van der Waals surface area contributed by atoms with Gasteiger partial charge in [-0.15, -0.1) is 0 Å². The van der Waals surface area contributed by atoms with Crippen LogP contribution in [-0.2, 0) is 4.74 Å². The van der Waals surface area contributed by atoms with Crippen molar-refractivity contribution < 1.29 is 27.7 Å². The summed E-state index contributed by atoms with van der Waals surface area (Å²) in [7, 11) is 1.57.